The summed E-state index contributed by atoms with van der Waals surface area (Å²) in [5.41, 5.74) is 3.58. The quantitative estimate of drug-likeness (QED) is 0.558. The number of hydrogen-bond donors (Lipinski definition) is 1. The lowest BCUT2D eigenvalue weighted by Crippen LogP contribution is -2.46. The van der Waals surface area contributed by atoms with Crippen LogP contribution in [0.5, 0.6) is 5.75 Å². The first-order valence-corrected chi connectivity index (χ1v) is 10.7. The van der Waals surface area contributed by atoms with Gasteiger partial charge in [-0.1, -0.05) is 0 Å². The minimum Gasteiger partial charge on any atom is -0.497 e. The second kappa shape index (κ2) is 9.38. The monoisotopic (exact) mass is 487 g/mol. The van der Waals surface area contributed by atoms with Crippen LogP contribution in [0.1, 0.15) is 34.6 Å². The predicted octanol–water partition coefficient (Wildman–Crippen LogP) is 4.14. The Morgan fingerprint density at radius 3 is 2.51 bits per heavy atom. The van der Waals surface area contributed by atoms with Crippen molar-refractivity contribution in [2.45, 2.75) is 25.1 Å². The van der Waals surface area contributed by atoms with Crippen molar-refractivity contribution in [3.63, 3.8) is 0 Å². The molecule has 0 radical (unpaired) electrons. The fraction of sp³-hybridized carbons (Fsp3) is 0.292. The summed E-state index contributed by atoms with van der Waals surface area (Å²) in [5.74, 6) is -1.71. The van der Waals surface area contributed by atoms with Gasteiger partial charge in [-0.05, 0) is 55.3 Å². The number of nitriles is 1. The standard InChI is InChI=1S/C24H21F4N5O2/c1-35-18-8-6-17(7-9-18)33-21(24(26,27)28)20(23(34)32-10-2-3-16(30)13-32)31-22(33)14-4-5-15(12-29)19(25)11-14/h4-9,11,16H,2-3,10,13,30H2,1H3/t16-/m0/s1. The number of aromatic nitrogens is 2. The van der Waals surface area contributed by atoms with Gasteiger partial charge in [0.05, 0.1) is 12.7 Å². The minimum absolute atomic E-state index is 0.0304. The number of nitrogens with two attached hydrogens (primary N) is 1. The van der Waals surface area contributed by atoms with E-state index in [1.807, 2.05) is 0 Å². The van der Waals surface area contributed by atoms with E-state index in [-0.39, 0.29) is 41.8 Å². The third kappa shape index (κ3) is 4.70. The van der Waals surface area contributed by atoms with E-state index in [9.17, 15) is 22.4 Å². The van der Waals surface area contributed by atoms with E-state index in [4.69, 9.17) is 15.7 Å². The lowest BCUT2D eigenvalue weighted by molar-refractivity contribution is -0.142. The van der Waals surface area contributed by atoms with Crippen LogP contribution in [0.3, 0.4) is 0 Å². The van der Waals surface area contributed by atoms with Crippen molar-refractivity contribution < 1.29 is 27.1 Å². The summed E-state index contributed by atoms with van der Waals surface area (Å²) in [7, 11) is 1.42. The van der Waals surface area contributed by atoms with Gasteiger partial charge in [0.25, 0.3) is 5.91 Å². The third-order valence-electron chi connectivity index (χ3n) is 5.77. The van der Waals surface area contributed by atoms with Crippen LogP contribution in [0.25, 0.3) is 17.1 Å². The van der Waals surface area contributed by atoms with Crippen molar-refractivity contribution in [1.82, 2.24) is 14.5 Å². The molecule has 1 aliphatic heterocycles. The number of carbonyl (C=O) groups excluding carboxylic acids is 1. The van der Waals surface area contributed by atoms with Gasteiger partial charge in [-0.15, -0.1) is 0 Å². The number of hydrogen-bond acceptors (Lipinski definition) is 5. The number of imidazole rings is 1. The lowest BCUT2D eigenvalue weighted by atomic mass is 10.1. The summed E-state index contributed by atoms with van der Waals surface area (Å²) in [6, 6.07) is 10.4. The highest BCUT2D eigenvalue weighted by atomic mass is 19.4. The molecule has 35 heavy (non-hydrogen) atoms. The molecule has 1 atom stereocenters. The van der Waals surface area contributed by atoms with Gasteiger partial charge in [-0.25, -0.2) is 9.37 Å². The predicted molar refractivity (Wildman–Crippen MR) is 118 cm³/mol. The largest absolute Gasteiger partial charge is 0.497 e. The van der Waals surface area contributed by atoms with Crippen molar-refractivity contribution >= 4 is 5.91 Å². The Labute approximate surface area is 198 Å². The Morgan fingerprint density at radius 1 is 1.23 bits per heavy atom. The van der Waals surface area contributed by atoms with Crippen molar-refractivity contribution in [3.8, 4) is 28.9 Å². The minimum atomic E-state index is -4.97. The number of methoxy groups -OCH3 is 1. The van der Waals surface area contributed by atoms with Gasteiger partial charge in [-0.2, -0.15) is 18.4 Å². The second-order valence-corrected chi connectivity index (χ2v) is 8.12. The molecule has 1 fully saturated rings. The molecule has 182 valence electrons. The van der Waals surface area contributed by atoms with Gasteiger partial charge in [-0.3, -0.25) is 9.36 Å². The number of nitrogens with zero attached hydrogens (tertiary/aromatic N) is 4. The zero-order valence-corrected chi connectivity index (χ0v) is 18.6. The molecule has 3 aromatic rings. The van der Waals surface area contributed by atoms with Gasteiger partial charge in [0.15, 0.2) is 11.4 Å². The molecule has 0 aliphatic carbocycles. The molecular formula is C24H21F4N5O2. The van der Waals surface area contributed by atoms with E-state index < -0.39 is 29.3 Å². The topological polar surface area (TPSA) is 97.2 Å². The fourth-order valence-electron chi connectivity index (χ4n) is 4.10. The van der Waals surface area contributed by atoms with Crippen LogP contribution in [0.2, 0.25) is 0 Å². The van der Waals surface area contributed by atoms with E-state index in [2.05, 4.69) is 4.98 Å². The molecule has 0 spiro atoms. The number of likely N-dealkylation sites (tertiary alicyclic amines) is 1. The molecule has 7 nitrogen and oxygen atoms in total. The number of alkyl halides is 3. The molecule has 2 N–H and O–H groups in total. The van der Waals surface area contributed by atoms with Crippen LogP contribution in [0.15, 0.2) is 42.5 Å². The molecule has 2 heterocycles. The second-order valence-electron chi connectivity index (χ2n) is 8.12. The molecule has 0 saturated carbocycles. The first-order chi connectivity index (χ1) is 16.6. The van der Waals surface area contributed by atoms with Gasteiger partial charge < -0.3 is 15.4 Å². The smallest absolute Gasteiger partial charge is 0.434 e. The number of benzene rings is 2. The van der Waals surface area contributed by atoms with Crippen LogP contribution in [0, 0.1) is 17.1 Å². The maximum absolute atomic E-state index is 14.5. The number of ether oxygens (including phenoxy) is 1. The Bertz CT molecular complexity index is 1290. The Kier molecular flexibility index (Phi) is 6.49. The number of rotatable bonds is 4. The number of carbonyl (C=O) groups is 1. The van der Waals surface area contributed by atoms with E-state index in [1.54, 1.807) is 6.07 Å². The van der Waals surface area contributed by atoms with Gasteiger partial charge >= 0.3 is 6.18 Å². The maximum Gasteiger partial charge on any atom is 0.434 e. The first kappa shape index (κ1) is 24.2. The number of halogens is 4. The Morgan fingerprint density at radius 2 is 1.94 bits per heavy atom. The average Bonchev–Trinajstić information content (AvgIpc) is 3.25. The molecule has 11 heteroatoms. The van der Waals surface area contributed by atoms with Gasteiger partial charge in [0, 0.05) is 30.4 Å². The van der Waals surface area contributed by atoms with E-state index in [0.29, 0.717) is 18.6 Å². The summed E-state index contributed by atoms with van der Waals surface area (Å²) in [5, 5.41) is 9.02. The Hall–Kier alpha value is -3.91. The van der Waals surface area contributed by atoms with Crippen LogP contribution < -0.4 is 10.5 Å². The third-order valence-corrected chi connectivity index (χ3v) is 5.77. The summed E-state index contributed by atoms with van der Waals surface area (Å²) >= 11 is 0. The number of amides is 1. The Balaban J connectivity index is 1.97. The van der Waals surface area contributed by atoms with Crippen LogP contribution in [-0.4, -0.2) is 46.6 Å². The highest BCUT2D eigenvalue weighted by Gasteiger charge is 2.44. The van der Waals surface area contributed by atoms with Gasteiger partial charge in [0.2, 0.25) is 0 Å². The zero-order valence-electron chi connectivity index (χ0n) is 18.6. The molecular weight excluding hydrogens is 466 g/mol. The molecule has 4 rings (SSSR count). The molecule has 2 aromatic carbocycles. The SMILES string of the molecule is COc1ccc(-n2c(-c3ccc(C#N)c(F)c3)nc(C(=O)N3CCC[C@H](N)C3)c2C(F)(F)F)cc1. The first-order valence-electron chi connectivity index (χ1n) is 10.7. The molecule has 1 saturated heterocycles. The molecule has 1 aromatic heterocycles. The summed E-state index contributed by atoms with van der Waals surface area (Å²) in [6.07, 6.45) is -3.76. The van der Waals surface area contributed by atoms with Crippen molar-refractivity contribution in [3.05, 3.63) is 65.2 Å². The van der Waals surface area contributed by atoms with Gasteiger partial charge in [0.1, 0.15) is 23.5 Å². The van der Waals surface area contributed by atoms with Crippen LogP contribution in [0.4, 0.5) is 17.6 Å². The normalized spacial score (nSPS) is 16.1. The van der Waals surface area contributed by atoms with Crippen LogP contribution >= 0.6 is 0 Å². The van der Waals surface area contributed by atoms with Crippen molar-refractivity contribution in [2.24, 2.45) is 5.73 Å². The molecule has 0 unspecified atom stereocenters. The molecule has 1 amide bonds. The summed E-state index contributed by atoms with van der Waals surface area (Å²) in [4.78, 5) is 18.6. The fourth-order valence-corrected chi connectivity index (χ4v) is 4.10. The van der Waals surface area contributed by atoms with E-state index in [0.717, 1.165) is 16.7 Å². The zero-order chi connectivity index (χ0) is 25.3. The highest BCUT2D eigenvalue weighted by Crippen LogP contribution is 2.39. The average molecular weight is 487 g/mol. The van der Waals surface area contributed by atoms with Crippen molar-refractivity contribution in [2.75, 3.05) is 20.2 Å². The number of piperidine rings is 1. The van der Waals surface area contributed by atoms with E-state index >= 15 is 0 Å². The van der Waals surface area contributed by atoms with Crippen LogP contribution in [-0.2, 0) is 6.18 Å². The summed E-state index contributed by atoms with van der Waals surface area (Å²) in [6.45, 7) is 0.354. The van der Waals surface area contributed by atoms with E-state index in [1.165, 1.54) is 42.3 Å². The summed E-state index contributed by atoms with van der Waals surface area (Å²) < 4.78 is 63.7. The maximum atomic E-state index is 14.5. The molecule has 1 aliphatic rings. The van der Waals surface area contributed by atoms with Crippen molar-refractivity contribution in [1.29, 1.82) is 5.26 Å². The lowest BCUT2D eigenvalue weighted by Gasteiger charge is -2.30. The molecule has 0 bridgehead atoms. The highest BCUT2D eigenvalue weighted by molar-refractivity contribution is 5.95.